The van der Waals surface area contributed by atoms with Crippen LogP contribution >= 0.6 is 0 Å². The molecule has 1 spiro atoms. The van der Waals surface area contributed by atoms with E-state index in [0.29, 0.717) is 24.5 Å². The number of pyridine rings is 1. The first-order valence-corrected chi connectivity index (χ1v) is 12.3. The number of hydrogen-bond acceptors (Lipinski definition) is 6. The van der Waals surface area contributed by atoms with Crippen molar-refractivity contribution in [1.29, 1.82) is 0 Å². The molecule has 1 saturated carbocycles. The lowest BCUT2D eigenvalue weighted by Gasteiger charge is -2.14. The van der Waals surface area contributed by atoms with Crippen molar-refractivity contribution in [3.05, 3.63) is 78.5 Å². The average Bonchev–Trinajstić information content (AvgIpc) is 3.45. The van der Waals surface area contributed by atoms with Crippen molar-refractivity contribution in [2.75, 3.05) is 4.90 Å². The van der Waals surface area contributed by atoms with Crippen LogP contribution in [0.25, 0.3) is 0 Å². The number of carbonyl (C=O) groups excluding carboxylic acids is 2. The van der Waals surface area contributed by atoms with Crippen LogP contribution in [0.3, 0.4) is 0 Å². The van der Waals surface area contributed by atoms with Gasteiger partial charge in [0.1, 0.15) is 11.3 Å². The molecule has 36 heavy (non-hydrogen) atoms. The Labute approximate surface area is 203 Å². The van der Waals surface area contributed by atoms with Crippen LogP contribution in [-0.4, -0.2) is 36.4 Å². The van der Waals surface area contributed by atoms with Gasteiger partial charge in [0.2, 0.25) is 5.88 Å². The number of aromatic nitrogens is 1. The van der Waals surface area contributed by atoms with Crippen molar-refractivity contribution < 1.29 is 35.9 Å². The zero-order valence-electron chi connectivity index (χ0n) is 18.4. The van der Waals surface area contributed by atoms with Gasteiger partial charge in [-0.15, -0.1) is 0 Å². The minimum absolute atomic E-state index is 0.0244. The maximum atomic E-state index is 13.2. The van der Waals surface area contributed by atoms with Gasteiger partial charge in [0.05, 0.1) is 10.6 Å². The lowest BCUT2D eigenvalue weighted by Crippen LogP contribution is -2.35. The standard InChI is InChI=1S/C24H18F3N3O5S/c25-24(26,27)36(33,34)19-8-6-17(7-9-19)30-21(31)23(29-22(30)32)14-16(23)12-15-10-11-28-20(13-15)35-18-4-2-1-3-5-18/h1-11,13,16H,12,14H2,(H,29,32). The summed E-state index contributed by atoms with van der Waals surface area (Å²) in [7, 11) is -5.54. The molecule has 1 aliphatic carbocycles. The maximum Gasteiger partial charge on any atom is 0.501 e. The van der Waals surface area contributed by atoms with Crippen LogP contribution in [0.15, 0.2) is 77.8 Å². The molecular weight excluding hydrogens is 499 g/mol. The van der Waals surface area contributed by atoms with Crippen LogP contribution < -0.4 is 15.0 Å². The van der Waals surface area contributed by atoms with Crippen LogP contribution in [0.1, 0.15) is 12.0 Å². The number of para-hydroxylation sites is 1. The summed E-state index contributed by atoms with van der Waals surface area (Å²) in [6.07, 6.45) is 2.42. The molecule has 1 aromatic heterocycles. The van der Waals surface area contributed by atoms with E-state index in [0.717, 1.165) is 34.7 Å². The lowest BCUT2D eigenvalue weighted by atomic mass is 10.1. The number of halogens is 3. The molecule has 2 fully saturated rings. The monoisotopic (exact) mass is 517 g/mol. The van der Waals surface area contributed by atoms with Crippen molar-refractivity contribution in [3.8, 4) is 11.6 Å². The third kappa shape index (κ3) is 4.06. The molecule has 0 radical (unpaired) electrons. The fourth-order valence-electron chi connectivity index (χ4n) is 4.25. The number of ether oxygens (including phenoxy) is 1. The Balaban J connectivity index is 1.30. The highest BCUT2D eigenvalue weighted by atomic mass is 32.2. The van der Waals surface area contributed by atoms with Gasteiger partial charge in [0.25, 0.3) is 15.7 Å². The minimum atomic E-state index is -5.54. The van der Waals surface area contributed by atoms with Crippen LogP contribution in [0.5, 0.6) is 11.6 Å². The zero-order chi connectivity index (χ0) is 25.7. The second-order valence-corrected chi connectivity index (χ2v) is 10.4. The summed E-state index contributed by atoms with van der Waals surface area (Å²) >= 11 is 0. The van der Waals surface area contributed by atoms with Crippen molar-refractivity contribution >= 4 is 27.5 Å². The fourth-order valence-corrected chi connectivity index (χ4v) is 5.01. The van der Waals surface area contributed by atoms with E-state index in [2.05, 4.69) is 10.3 Å². The number of benzene rings is 2. The first-order chi connectivity index (χ1) is 17.0. The number of urea groups is 1. The summed E-state index contributed by atoms with van der Waals surface area (Å²) in [5.74, 6) is 0.244. The fraction of sp³-hybridized carbons (Fsp3) is 0.208. The molecule has 8 nitrogen and oxygen atoms in total. The van der Waals surface area contributed by atoms with E-state index in [-0.39, 0.29) is 11.6 Å². The normalized spacial score (nSPS) is 21.5. The smallest absolute Gasteiger partial charge is 0.439 e. The number of imide groups is 1. The predicted octanol–water partition coefficient (Wildman–Crippen LogP) is 4.23. The van der Waals surface area contributed by atoms with Gasteiger partial charge in [-0.05, 0) is 66.8 Å². The van der Waals surface area contributed by atoms with E-state index in [4.69, 9.17) is 4.74 Å². The Bertz CT molecular complexity index is 1450. The maximum absolute atomic E-state index is 13.2. The van der Waals surface area contributed by atoms with Crippen LogP contribution in [-0.2, 0) is 21.1 Å². The summed E-state index contributed by atoms with van der Waals surface area (Å²) in [6, 6.07) is 15.3. The third-order valence-corrected chi connectivity index (χ3v) is 7.68. The van der Waals surface area contributed by atoms with Gasteiger partial charge in [-0.1, -0.05) is 18.2 Å². The van der Waals surface area contributed by atoms with Crippen molar-refractivity contribution in [2.45, 2.75) is 28.8 Å². The Morgan fingerprint density at radius 2 is 1.75 bits per heavy atom. The first-order valence-electron chi connectivity index (χ1n) is 10.8. The van der Waals surface area contributed by atoms with E-state index in [1.165, 1.54) is 0 Å². The second-order valence-electron chi connectivity index (χ2n) is 8.51. The molecular formula is C24H18F3N3O5S. The molecule has 3 aromatic rings. The number of anilines is 1. The number of amides is 3. The molecule has 0 bridgehead atoms. The van der Waals surface area contributed by atoms with Gasteiger partial charge in [-0.25, -0.2) is 23.1 Å². The number of hydrogen-bond donors (Lipinski definition) is 1. The molecule has 1 N–H and O–H groups in total. The number of nitrogens with zero attached hydrogens (tertiary/aromatic N) is 2. The number of nitrogens with one attached hydrogen (secondary N) is 1. The summed E-state index contributed by atoms with van der Waals surface area (Å²) in [4.78, 5) is 29.8. The summed E-state index contributed by atoms with van der Waals surface area (Å²) in [5.41, 5.74) is -5.76. The molecule has 12 heteroatoms. The molecule has 1 saturated heterocycles. The van der Waals surface area contributed by atoms with Crippen LogP contribution in [0, 0.1) is 5.92 Å². The lowest BCUT2D eigenvalue weighted by molar-refractivity contribution is -0.119. The predicted molar refractivity (Wildman–Crippen MR) is 121 cm³/mol. The number of alkyl halides is 3. The van der Waals surface area contributed by atoms with Gasteiger partial charge < -0.3 is 10.1 Å². The average molecular weight is 517 g/mol. The topological polar surface area (TPSA) is 106 Å². The summed E-state index contributed by atoms with van der Waals surface area (Å²) < 4.78 is 67.2. The summed E-state index contributed by atoms with van der Waals surface area (Å²) in [6.45, 7) is 0. The Morgan fingerprint density at radius 3 is 2.42 bits per heavy atom. The van der Waals surface area contributed by atoms with Gasteiger partial charge in [-0.3, -0.25) is 4.79 Å². The molecule has 2 atom stereocenters. The highest BCUT2D eigenvalue weighted by Gasteiger charge is 2.67. The second kappa shape index (κ2) is 8.33. The van der Waals surface area contributed by atoms with E-state index in [9.17, 15) is 31.2 Å². The highest BCUT2D eigenvalue weighted by Crippen LogP contribution is 2.50. The molecule has 2 aromatic carbocycles. The van der Waals surface area contributed by atoms with E-state index in [1.54, 1.807) is 30.5 Å². The Hall–Kier alpha value is -3.93. The zero-order valence-corrected chi connectivity index (χ0v) is 19.2. The number of rotatable bonds is 6. The van der Waals surface area contributed by atoms with E-state index in [1.807, 2.05) is 18.2 Å². The van der Waals surface area contributed by atoms with Gasteiger partial charge in [0, 0.05) is 12.3 Å². The molecule has 1 aliphatic heterocycles. The highest BCUT2D eigenvalue weighted by molar-refractivity contribution is 7.92. The van der Waals surface area contributed by atoms with Crippen molar-refractivity contribution in [2.24, 2.45) is 5.92 Å². The number of sulfone groups is 1. The molecule has 2 unspecified atom stereocenters. The first kappa shape index (κ1) is 23.8. The van der Waals surface area contributed by atoms with Crippen molar-refractivity contribution in [3.63, 3.8) is 0 Å². The Kier molecular flexibility index (Phi) is 5.51. The van der Waals surface area contributed by atoms with Crippen LogP contribution in [0.4, 0.5) is 23.7 Å². The van der Waals surface area contributed by atoms with E-state index >= 15 is 0 Å². The minimum Gasteiger partial charge on any atom is -0.439 e. The van der Waals surface area contributed by atoms with Gasteiger partial charge in [-0.2, -0.15) is 13.2 Å². The Morgan fingerprint density at radius 1 is 1.06 bits per heavy atom. The van der Waals surface area contributed by atoms with Crippen molar-refractivity contribution in [1.82, 2.24) is 10.3 Å². The SMILES string of the molecule is O=C1NC2(CC2Cc2ccnc(Oc3ccccc3)c2)C(=O)N1c1ccc(S(=O)(=O)C(F)(F)F)cc1. The molecule has 5 rings (SSSR count). The molecule has 2 heterocycles. The largest absolute Gasteiger partial charge is 0.501 e. The van der Waals surface area contributed by atoms with E-state index < -0.39 is 37.7 Å². The molecule has 186 valence electrons. The summed E-state index contributed by atoms with van der Waals surface area (Å²) in [5, 5.41) is 2.69. The number of carbonyl (C=O) groups is 2. The molecule has 2 aliphatic rings. The van der Waals surface area contributed by atoms with Gasteiger partial charge in [0.15, 0.2) is 0 Å². The molecule has 3 amide bonds. The van der Waals surface area contributed by atoms with Gasteiger partial charge >= 0.3 is 11.5 Å². The van der Waals surface area contributed by atoms with Crippen LogP contribution in [0.2, 0.25) is 0 Å². The quantitative estimate of drug-likeness (QED) is 0.491. The third-order valence-electron chi connectivity index (χ3n) is 6.18.